The van der Waals surface area contributed by atoms with Gasteiger partial charge in [-0.1, -0.05) is 11.8 Å². The number of amides is 1. The van der Waals surface area contributed by atoms with Crippen LogP contribution in [0.3, 0.4) is 0 Å². The second kappa shape index (κ2) is 5.89. The molecule has 9 nitrogen and oxygen atoms in total. The zero-order valence-corrected chi connectivity index (χ0v) is 13.6. The zero-order valence-electron chi connectivity index (χ0n) is 11.9. The number of β-lactam (4-membered cyclic amide) rings is 1. The zero-order chi connectivity index (χ0) is 16.7. The van der Waals surface area contributed by atoms with Crippen LogP contribution < -0.4 is 11.1 Å². The van der Waals surface area contributed by atoms with Gasteiger partial charge in [0, 0.05) is 18.6 Å². The fourth-order valence-corrected chi connectivity index (χ4v) is 4.65. The number of thioether (sulfide) groups is 2. The third-order valence-electron chi connectivity index (χ3n) is 3.46. The van der Waals surface area contributed by atoms with Gasteiger partial charge >= 0.3 is 17.1 Å². The SMILES string of the molecule is Cn1[nH]c(=O)c(=O)nc1SCC1=C(C(=O)O)N2C(=O)C[C@H]2SC1. The number of hydrogen-bond donors (Lipinski definition) is 2. The summed E-state index contributed by atoms with van der Waals surface area (Å²) in [7, 11) is 1.53. The van der Waals surface area contributed by atoms with E-state index in [-0.39, 0.29) is 27.9 Å². The van der Waals surface area contributed by atoms with E-state index in [1.165, 1.54) is 28.4 Å². The number of nitrogens with one attached hydrogen (secondary N) is 1. The van der Waals surface area contributed by atoms with Crippen LogP contribution in [0.5, 0.6) is 0 Å². The van der Waals surface area contributed by atoms with Gasteiger partial charge in [-0.3, -0.25) is 29.1 Å². The molecule has 0 aromatic carbocycles. The van der Waals surface area contributed by atoms with Gasteiger partial charge in [0.05, 0.1) is 11.8 Å². The molecule has 0 aliphatic carbocycles. The summed E-state index contributed by atoms with van der Waals surface area (Å²) in [4.78, 5) is 50.6. The summed E-state index contributed by atoms with van der Waals surface area (Å²) in [6.45, 7) is 0. The lowest BCUT2D eigenvalue weighted by Crippen LogP contribution is -2.54. The van der Waals surface area contributed by atoms with Gasteiger partial charge in [-0.25, -0.2) is 4.79 Å². The maximum absolute atomic E-state index is 11.6. The summed E-state index contributed by atoms with van der Waals surface area (Å²) >= 11 is 2.65. The van der Waals surface area contributed by atoms with Crippen LogP contribution in [0.4, 0.5) is 0 Å². The molecule has 0 radical (unpaired) electrons. The first-order valence-electron chi connectivity index (χ1n) is 6.57. The van der Waals surface area contributed by atoms with E-state index >= 15 is 0 Å². The van der Waals surface area contributed by atoms with Gasteiger partial charge in [-0.2, -0.15) is 4.98 Å². The Kier molecular flexibility index (Phi) is 4.06. The number of carbonyl (C=O) groups excluding carboxylic acids is 1. The highest BCUT2D eigenvalue weighted by atomic mass is 32.2. The molecule has 2 aliphatic rings. The second-order valence-corrected chi connectivity index (χ2v) is 7.09. The average molecular weight is 356 g/mol. The lowest BCUT2D eigenvalue weighted by Gasteiger charge is -2.43. The Labute approximate surface area is 137 Å². The molecule has 1 amide bonds. The number of aliphatic carboxylic acids is 1. The number of nitrogens with zero attached hydrogens (tertiary/aromatic N) is 3. The standard InChI is InChI=1S/C12H12N4O5S2/c1-15-12(13-9(18)10(19)14-15)23-4-5-3-22-7-2-6(17)16(7)8(5)11(20)21/h7H,2-4H2,1H3,(H,14,19)(H,20,21)/t7-/m1/s1. The van der Waals surface area contributed by atoms with Crippen molar-refractivity contribution >= 4 is 35.4 Å². The summed E-state index contributed by atoms with van der Waals surface area (Å²) in [6, 6.07) is 0. The minimum Gasteiger partial charge on any atom is -0.477 e. The lowest BCUT2D eigenvalue weighted by atomic mass is 10.1. The third kappa shape index (κ3) is 2.81. The molecule has 11 heteroatoms. The predicted octanol–water partition coefficient (Wildman–Crippen LogP) is -0.795. The average Bonchev–Trinajstić information content (AvgIpc) is 2.48. The van der Waals surface area contributed by atoms with Crippen molar-refractivity contribution in [3.05, 3.63) is 32.0 Å². The predicted molar refractivity (Wildman–Crippen MR) is 83.2 cm³/mol. The molecular formula is C12H12N4O5S2. The minimum absolute atomic E-state index is 0.0203. The summed E-state index contributed by atoms with van der Waals surface area (Å²) in [5, 5.41) is 11.9. The van der Waals surface area contributed by atoms with Crippen LogP contribution in [0.25, 0.3) is 0 Å². The number of rotatable bonds is 4. The van der Waals surface area contributed by atoms with E-state index in [2.05, 4.69) is 10.1 Å². The van der Waals surface area contributed by atoms with Crippen LogP contribution in [0.15, 0.2) is 26.0 Å². The van der Waals surface area contributed by atoms with Crippen LogP contribution >= 0.6 is 23.5 Å². The molecule has 1 atom stereocenters. The Balaban J connectivity index is 1.86. The molecule has 1 saturated heterocycles. The Hall–Kier alpha value is -2.01. The van der Waals surface area contributed by atoms with E-state index in [1.807, 2.05) is 0 Å². The first kappa shape index (κ1) is 15.9. The van der Waals surface area contributed by atoms with Crippen molar-refractivity contribution < 1.29 is 14.7 Å². The number of aromatic amines is 1. The number of fused-ring (bicyclic) bond motifs is 1. The summed E-state index contributed by atoms with van der Waals surface area (Å²) < 4.78 is 1.31. The molecule has 122 valence electrons. The van der Waals surface area contributed by atoms with Crippen LogP contribution in [0.1, 0.15) is 6.42 Å². The molecule has 1 aromatic rings. The molecule has 0 spiro atoms. The molecule has 2 aliphatic heterocycles. The number of aryl methyl sites for hydroxylation is 1. The molecule has 23 heavy (non-hydrogen) atoms. The maximum Gasteiger partial charge on any atom is 0.352 e. The number of hydrogen-bond acceptors (Lipinski definition) is 7. The van der Waals surface area contributed by atoms with Crippen molar-refractivity contribution in [2.45, 2.75) is 17.0 Å². The van der Waals surface area contributed by atoms with Crippen LogP contribution in [0.2, 0.25) is 0 Å². The van der Waals surface area contributed by atoms with Gasteiger partial charge in [0.1, 0.15) is 5.70 Å². The van der Waals surface area contributed by atoms with E-state index in [9.17, 15) is 24.3 Å². The Bertz CT molecular complexity index is 843. The largest absolute Gasteiger partial charge is 0.477 e. The summed E-state index contributed by atoms with van der Waals surface area (Å²) in [6.07, 6.45) is 0.359. The van der Waals surface area contributed by atoms with Crippen LogP contribution in [-0.4, -0.2) is 53.5 Å². The van der Waals surface area contributed by atoms with Crippen molar-refractivity contribution in [1.82, 2.24) is 19.7 Å². The van der Waals surface area contributed by atoms with E-state index in [0.29, 0.717) is 17.7 Å². The number of carbonyl (C=O) groups is 2. The van der Waals surface area contributed by atoms with Crippen LogP contribution in [-0.2, 0) is 16.6 Å². The Morgan fingerprint density at radius 2 is 2.22 bits per heavy atom. The number of H-pyrrole nitrogens is 1. The topological polar surface area (TPSA) is 125 Å². The number of carboxylic acid groups (broad SMARTS) is 1. The Morgan fingerprint density at radius 3 is 2.87 bits per heavy atom. The van der Waals surface area contributed by atoms with E-state index in [1.54, 1.807) is 0 Å². The van der Waals surface area contributed by atoms with Gasteiger partial charge in [0.15, 0.2) is 5.16 Å². The van der Waals surface area contributed by atoms with Crippen molar-refractivity contribution in [2.75, 3.05) is 11.5 Å². The first-order chi connectivity index (χ1) is 10.9. The van der Waals surface area contributed by atoms with Gasteiger partial charge in [-0.05, 0) is 5.57 Å². The van der Waals surface area contributed by atoms with Crippen LogP contribution in [0, 0.1) is 0 Å². The molecule has 3 rings (SSSR count). The summed E-state index contributed by atoms with van der Waals surface area (Å²) in [5.74, 6) is -0.573. The number of carboxylic acids is 1. The van der Waals surface area contributed by atoms with Crippen molar-refractivity contribution in [3.8, 4) is 0 Å². The molecule has 0 saturated carbocycles. The first-order valence-corrected chi connectivity index (χ1v) is 8.61. The Morgan fingerprint density at radius 1 is 1.48 bits per heavy atom. The lowest BCUT2D eigenvalue weighted by molar-refractivity contribution is -0.146. The maximum atomic E-state index is 11.6. The monoisotopic (exact) mass is 356 g/mol. The minimum atomic E-state index is -1.14. The molecule has 1 fully saturated rings. The number of aromatic nitrogens is 3. The van der Waals surface area contributed by atoms with Gasteiger partial charge in [-0.15, -0.1) is 11.8 Å². The highest BCUT2D eigenvalue weighted by Crippen LogP contribution is 2.40. The fourth-order valence-electron chi connectivity index (χ4n) is 2.33. The highest BCUT2D eigenvalue weighted by molar-refractivity contribution is 8.00. The van der Waals surface area contributed by atoms with E-state index in [4.69, 9.17) is 0 Å². The van der Waals surface area contributed by atoms with Crippen molar-refractivity contribution in [3.63, 3.8) is 0 Å². The summed E-state index contributed by atoms with van der Waals surface area (Å²) in [5.41, 5.74) is -1.09. The smallest absolute Gasteiger partial charge is 0.352 e. The second-order valence-electron chi connectivity index (χ2n) is 4.98. The molecule has 1 aromatic heterocycles. The highest BCUT2D eigenvalue weighted by Gasteiger charge is 2.45. The quantitative estimate of drug-likeness (QED) is 0.408. The van der Waals surface area contributed by atoms with Crippen molar-refractivity contribution in [2.24, 2.45) is 7.05 Å². The van der Waals surface area contributed by atoms with Crippen molar-refractivity contribution in [1.29, 1.82) is 0 Å². The molecule has 3 heterocycles. The molecular weight excluding hydrogens is 344 g/mol. The van der Waals surface area contributed by atoms with Gasteiger partial charge in [0.25, 0.3) is 0 Å². The molecule has 2 N–H and O–H groups in total. The molecule has 0 bridgehead atoms. The van der Waals surface area contributed by atoms with E-state index < -0.39 is 17.1 Å². The molecule has 0 unspecified atom stereocenters. The third-order valence-corrected chi connectivity index (χ3v) is 5.85. The van der Waals surface area contributed by atoms with Gasteiger partial charge in [0.2, 0.25) is 5.91 Å². The fraction of sp³-hybridized carbons (Fsp3) is 0.417. The van der Waals surface area contributed by atoms with E-state index in [0.717, 1.165) is 11.8 Å². The normalized spacial score (nSPS) is 20.3. The van der Waals surface area contributed by atoms with Gasteiger partial charge < -0.3 is 5.11 Å².